The molecule has 3 aliphatic rings. The maximum atomic E-state index is 13.3. The largest absolute Gasteiger partial charge is 0.379 e. The summed E-state index contributed by atoms with van der Waals surface area (Å²) in [5.41, 5.74) is 4.62. The number of nitriles is 1. The molecule has 164 valence electrons. The van der Waals surface area contributed by atoms with Crippen LogP contribution in [0.5, 0.6) is 0 Å². The standard InChI is InChI=1S/C25H26N4O3/c26-15-18-2-1-3-22(13-18)29-17-21(14-24(29)30)25(31)28-7-6-20-12-19(4-5-23(20)28)16-27-8-10-32-11-9-27/h1-5,12-13,21H,6-11,14,16-17H2/t21-/m0/s1. The molecule has 2 saturated heterocycles. The molecule has 5 rings (SSSR count). The summed E-state index contributed by atoms with van der Waals surface area (Å²) in [5.74, 6) is -0.428. The molecule has 0 spiro atoms. The van der Waals surface area contributed by atoms with Crippen molar-refractivity contribution >= 4 is 23.2 Å². The maximum Gasteiger partial charge on any atom is 0.232 e. The Morgan fingerprint density at radius 2 is 1.97 bits per heavy atom. The van der Waals surface area contributed by atoms with Crippen LogP contribution in [-0.4, -0.2) is 56.1 Å². The Balaban J connectivity index is 1.28. The average molecular weight is 431 g/mol. The maximum absolute atomic E-state index is 13.3. The van der Waals surface area contributed by atoms with E-state index in [0.717, 1.165) is 45.0 Å². The van der Waals surface area contributed by atoms with E-state index in [0.29, 0.717) is 24.3 Å². The zero-order chi connectivity index (χ0) is 22.1. The molecule has 0 bridgehead atoms. The molecule has 0 saturated carbocycles. The minimum atomic E-state index is -0.368. The molecule has 2 aromatic rings. The minimum Gasteiger partial charge on any atom is -0.379 e. The molecule has 2 aromatic carbocycles. The van der Waals surface area contributed by atoms with Gasteiger partial charge in [-0.3, -0.25) is 14.5 Å². The van der Waals surface area contributed by atoms with E-state index >= 15 is 0 Å². The van der Waals surface area contributed by atoms with E-state index in [2.05, 4.69) is 29.2 Å². The number of nitrogens with zero attached hydrogens (tertiary/aromatic N) is 4. The number of morpholine rings is 1. The van der Waals surface area contributed by atoms with Crippen LogP contribution >= 0.6 is 0 Å². The fraction of sp³-hybridized carbons (Fsp3) is 0.400. The lowest BCUT2D eigenvalue weighted by Crippen LogP contribution is -2.36. The normalized spacial score (nSPS) is 21.0. The fourth-order valence-electron chi connectivity index (χ4n) is 4.89. The Bertz CT molecular complexity index is 1090. The summed E-state index contributed by atoms with van der Waals surface area (Å²) in [7, 11) is 0. The molecule has 7 heteroatoms. The van der Waals surface area contributed by atoms with Crippen LogP contribution in [0.4, 0.5) is 11.4 Å². The number of fused-ring (bicyclic) bond motifs is 1. The summed E-state index contributed by atoms with van der Waals surface area (Å²) in [5, 5.41) is 9.14. The number of rotatable bonds is 4. The fourth-order valence-corrected chi connectivity index (χ4v) is 4.89. The number of carbonyl (C=O) groups is 2. The van der Waals surface area contributed by atoms with Gasteiger partial charge in [0.2, 0.25) is 11.8 Å². The van der Waals surface area contributed by atoms with Crippen molar-refractivity contribution in [3.05, 3.63) is 59.2 Å². The molecule has 0 radical (unpaired) electrons. The molecule has 7 nitrogen and oxygen atoms in total. The van der Waals surface area contributed by atoms with Crippen LogP contribution in [0.1, 0.15) is 23.1 Å². The average Bonchev–Trinajstić information content (AvgIpc) is 3.42. The van der Waals surface area contributed by atoms with Gasteiger partial charge < -0.3 is 14.5 Å². The van der Waals surface area contributed by atoms with Crippen molar-refractivity contribution in [2.24, 2.45) is 5.92 Å². The highest BCUT2D eigenvalue weighted by atomic mass is 16.5. The lowest BCUT2D eigenvalue weighted by molar-refractivity contribution is -0.124. The summed E-state index contributed by atoms with van der Waals surface area (Å²) in [4.78, 5) is 31.8. The molecule has 32 heavy (non-hydrogen) atoms. The number of anilines is 2. The van der Waals surface area contributed by atoms with E-state index in [-0.39, 0.29) is 24.2 Å². The first kappa shape index (κ1) is 20.7. The number of ether oxygens (including phenoxy) is 1. The second-order valence-electron chi connectivity index (χ2n) is 8.66. The Morgan fingerprint density at radius 3 is 2.78 bits per heavy atom. The summed E-state index contributed by atoms with van der Waals surface area (Å²) in [6.07, 6.45) is 1.04. The quantitative estimate of drug-likeness (QED) is 0.744. The summed E-state index contributed by atoms with van der Waals surface area (Å²) < 4.78 is 5.43. The highest BCUT2D eigenvalue weighted by Crippen LogP contribution is 2.33. The van der Waals surface area contributed by atoms with Gasteiger partial charge in [-0.05, 0) is 41.8 Å². The summed E-state index contributed by atoms with van der Waals surface area (Å²) in [6, 6.07) is 15.5. The first-order chi connectivity index (χ1) is 15.6. The predicted molar refractivity (Wildman–Crippen MR) is 120 cm³/mol. The smallest absolute Gasteiger partial charge is 0.232 e. The van der Waals surface area contributed by atoms with Crippen LogP contribution in [-0.2, 0) is 27.3 Å². The third kappa shape index (κ3) is 3.99. The number of hydrogen-bond donors (Lipinski definition) is 0. The van der Waals surface area contributed by atoms with E-state index in [4.69, 9.17) is 10.00 Å². The van der Waals surface area contributed by atoms with Crippen LogP contribution in [0.2, 0.25) is 0 Å². The highest BCUT2D eigenvalue weighted by molar-refractivity contribution is 6.05. The molecule has 3 aliphatic heterocycles. The first-order valence-corrected chi connectivity index (χ1v) is 11.2. The molecule has 2 fully saturated rings. The third-order valence-corrected chi connectivity index (χ3v) is 6.58. The molecule has 0 aromatic heterocycles. The third-order valence-electron chi connectivity index (χ3n) is 6.58. The van der Waals surface area contributed by atoms with Gasteiger partial charge in [0.25, 0.3) is 0 Å². The number of benzene rings is 2. The Morgan fingerprint density at radius 1 is 1.12 bits per heavy atom. The molecule has 1 atom stereocenters. The van der Waals surface area contributed by atoms with Gasteiger partial charge in [0.05, 0.1) is 30.8 Å². The van der Waals surface area contributed by atoms with Crippen molar-refractivity contribution < 1.29 is 14.3 Å². The molecular formula is C25H26N4O3. The van der Waals surface area contributed by atoms with Crippen molar-refractivity contribution in [1.82, 2.24) is 4.90 Å². The van der Waals surface area contributed by atoms with Crippen LogP contribution in [0.3, 0.4) is 0 Å². The van der Waals surface area contributed by atoms with Crippen molar-refractivity contribution in [2.45, 2.75) is 19.4 Å². The second-order valence-corrected chi connectivity index (χ2v) is 8.66. The SMILES string of the molecule is N#Cc1cccc(N2C[C@@H](C(=O)N3CCc4cc(CN5CCOCC5)ccc43)CC2=O)c1. The van der Waals surface area contributed by atoms with Crippen LogP contribution in [0.15, 0.2) is 42.5 Å². The van der Waals surface area contributed by atoms with Crippen molar-refractivity contribution in [2.75, 3.05) is 49.2 Å². The van der Waals surface area contributed by atoms with E-state index in [1.54, 1.807) is 23.1 Å². The van der Waals surface area contributed by atoms with E-state index in [9.17, 15) is 9.59 Å². The molecular weight excluding hydrogens is 404 g/mol. The van der Waals surface area contributed by atoms with E-state index < -0.39 is 0 Å². The molecule has 2 amide bonds. The molecule has 3 heterocycles. The molecule has 0 unspecified atom stereocenters. The first-order valence-electron chi connectivity index (χ1n) is 11.2. The minimum absolute atomic E-state index is 0.0111. The van der Waals surface area contributed by atoms with Gasteiger partial charge in [-0.1, -0.05) is 18.2 Å². The van der Waals surface area contributed by atoms with E-state index in [1.165, 1.54) is 11.1 Å². The number of hydrogen-bond acceptors (Lipinski definition) is 5. The zero-order valence-corrected chi connectivity index (χ0v) is 18.0. The van der Waals surface area contributed by atoms with Gasteiger partial charge in [0.1, 0.15) is 0 Å². The summed E-state index contributed by atoms with van der Waals surface area (Å²) >= 11 is 0. The molecule has 0 aliphatic carbocycles. The monoisotopic (exact) mass is 430 g/mol. The number of carbonyl (C=O) groups excluding carboxylic acids is 2. The van der Waals surface area contributed by atoms with Gasteiger partial charge in [-0.25, -0.2) is 0 Å². The van der Waals surface area contributed by atoms with Crippen LogP contribution < -0.4 is 9.80 Å². The Labute approximate surface area is 187 Å². The van der Waals surface area contributed by atoms with E-state index in [1.807, 2.05) is 11.0 Å². The Kier molecular flexibility index (Phi) is 5.64. The van der Waals surface area contributed by atoms with Gasteiger partial charge in [-0.2, -0.15) is 5.26 Å². The number of amides is 2. The van der Waals surface area contributed by atoms with Crippen molar-refractivity contribution in [3.63, 3.8) is 0 Å². The molecule has 0 N–H and O–H groups in total. The predicted octanol–water partition coefficient (Wildman–Crippen LogP) is 2.33. The van der Waals surface area contributed by atoms with Gasteiger partial charge in [0, 0.05) is 50.5 Å². The van der Waals surface area contributed by atoms with Crippen molar-refractivity contribution in [3.8, 4) is 6.07 Å². The topological polar surface area (TPSA) is 76.9 Å². The van der Waals surface area contributed by atoms with Crippen LogP contribution in [0, 0.1) is 17.2 Å². The van der Waals surface area contributed by atoms with Crippen molar-refractivity contribution in [1.29, 1.82) is 5.26 Å². The van der Waals surface area contributed by atoms with Gasteiger partial charge in [0.15, 0.2) is 0 Å². The summed E-state index contributed by atoms with van der Waals surface area (Å²) in [6.45, 7) is 5.38. The second kappa shape index (κ2) is 8.73. The van der Waals surface area contributed by atoms with Crippen LogP contribution in [0.25, 0.3) is 0 Å². The zero-order valence-electron chi connectivity index (χ0n) is 18.0. The lowest BCUT2D eigenvalue weighted by Gasteiger charge is -2.27. The Hall–Kier alpha value is -3.21. The highest BCUT2D eigenvalue weighted by Gasteiger charge is 2.39. The van der Waals surface area contributed by atoms with Gasteiger partial charge in [-0.15, -0.1) is 0 Å². The van der Waals surface area contributed by atoms with Gasteiger partial charge >= 0.3 is 0 Å². The lowest BCUT2D eigenvalue weighted by atomic mass is 10.1.